The number of piperidine rings is 1. The van der Waals surface area contributed by atoms with Gasteiger partial charge in [-0.2, -0.15) is 0 Å². The second kappa shape index (κ2) is 10.2. The van der Waals surface area contributed by atoms with E-state index in [1.807, 2.05) is 37.4 Å². The lowest BCUT2D eigenvalue weighted by Gasteiger charge is -2.41. The van der Waals surface area contributed by atoms with Crippen LogP contribution in [0.25, 0.3) is 0 Å². The summed E-state index contributed by atoms with van der Waals surface area (Å²) in [5, 5.41) is 3.72. The first-order valence-corrected chi connectivity index (χ1v) is 11.5. The van der Waals surface area contributed by atoms with Crippen molar-refractivity contribution in [1.29, 1.82) is 0 Å². The molecule has 0 aromatic heterocycles. The second-order valence-electron chi connectivity index (χ2n) is 8.73. The lowest BCUT2D eigenvalue weighted by molar-refractivity contribution is 0.0507. The number of nitrogens with zero attached hydrogens (tertiary/aromatic N) is 2. The molecule has 2 aliphatic heterocycles. The molecule has 0 saturated carbocycles. The summed E-state index contributed by atoms with van der Waals surface area (Å²) in [6.45, 7) is 6.65. The average molecular weight is 422 g/mol. The number of para-hydroxylation sites is 1. The fourth-order valence-corrected chi connectivity index (χ4v) is 4.93. The molecular weight excluding hydrogens is 386 g/mol. The molecule has 0 unspecified atom stereocenters. The van der Waals surface area contributed by atoms with Crippen molar-refractivity contribution in [3.63, 3.8) is 0 Å². The minimum atomic E-state index is 0.0915. The maximum absolute atomic E-state index is 6.16. The largest absolute Gasteiger partial charge is 0.490 e. The van der Waals surface area contributed by atoms with E-state index in [2.05, 4.69) is 46.4 Å². The number of rotatable bonds is 5. The highest BCUT2D eigenvalue weighted by atomic mass is 16.5. The monoisotopic (exact) mass is 421 g/mol. The molecule has 0 aliphatic carbocycles. The van der Waals surface area contributed by atoms with E-state index in [1.165, 1.54) is 11.1 Å². The lowest BCUT2D eigenvalue weighted by Crippen LogP contribution is -2.52. The molecule has 2 saturated heterocycles. The van der Waals surface area contributed by atoms with Gasteiger partial charge in [-0.25, -0.2) is 0 Å². The Hall–Kier alpha value is -2.53. The summed E-state index contributed by atoms with van der Waals surface area (Å²) in [5.41, 5.74) is 2.89. The Bertz CT molecular complexity index is 854. The number of likely N-dealkylation sites (tertiary alicyclic amines) is 1. The summed E-state index contributed by atoms with van der Waals surface area (Å²) < 4.78 is 11.9. The Kier molecular flexibility index (Phi) is 7.13. The minimum Gasteiger partial charge on any atom is -0.490 e. The molecule has 2 aromatic rings. The molecule has 2 fully saturated rings. The number of nitrogens with one attached hydrogen (secondary N) is 1. The highest BCUT2D eigenvalue weighted by Gasteiger charge is 2.36. The van der Waals surface area contributed by atoms with Gasteiger partial charge in [0, 0.05) is 58.2 Å². The SMILES string of the molecule is CN=C(NCC1(c2ccccc2C)CCOCC1)N1CCC(Oc2ccccc2)CC1. The first-order chi connectivity index (χ1) is 15.2. The summed E-state index contributed by atoms with van der Waals surface area (Å²) >= 11 is 0. The zero-order chi connectivity index (χ0) is 21.5. The zero-order valence-electron chi connectivity index (χ0n) is 18.8. The van der Waals surface area contributed by atoms with Gasteiger partial charge < -0.3 is 19.7 Å². The van der Waals surface area contributed by atoms with Crippen LogP contribution in [0.3, 0.4) is 0 Å². The quantitative estimate of drug-likeness (QED) is 0.582. The van der Waals surface area contributed by atoms with Crippen LogP contribution in [0.5, 0.6) is 5.75 Å². The van der Waals surface area contributed by atoms with Crippen LogP contribution in [0.1, 0.15) is 36.8 Å². The number of aliphatic imine (C=N–C) groups is 1. The molecule has 2 aromatic carbocycles. The summed E-state index contributed by atoms with van der Waals surface area (Å²) in [7, 11) is 1.89. The molecule has 0 amide bonds. The smallest absolute Gasteiger partial charge is 0.193 e. The molecule has 0 spiro atoms. The minimum absolute atomic E-state index is 0.0915. The van der Waals surface area contributed by atoms with Gasteiger partial charge in [0.25, 0.3) is 0 Å². The van der Waals surface area contributed by atoms with Crippen LogP contribution in [0.2, 0.25) is 0 Å². The normalized spacial score (nSPS) is 19.8. The molecular formula is C26H35N3O2. The number of ether oxygens (including phenoxy) is 2. The highest BCUT2D eigenvalue weighted by Crippen LogP contribution is 2.36. The van der Waals surface area contributed by atoms with Gasteiger partial charge in [0.2, 0.25) is 0 Å². The Morgan fingerprint density at radius 2 is 1.74 bits per heavy atom. The van der Waals surface area contributed by atoms with Crippen molar-refractivity contribution in [2.24, 2.45) is 4.99 Å². The van der Waals surface area contributed by atoms with Crippen LogP contribution in [-0.2, 0) is 10.2 Å². The molecule has 31 heavy (non-hydrogen) atoms. The number of guanidine groups is 1. The summed E-state index contributed by atoms with van der Waals surface area (Å²) in [4.78, 5) is 6.98. The summed E-state index contributed by atoms with van der Waals surface area (Å²) in [5.74, 6) is 1.96. The zero-order valence-corrected chi connectivity index (χ0v) is 18.8. The van der Waals surface area contributed by atoms with Crippen LogP contribution in [0.4, 0.5) is 0 Å². The van der Waals surface area contributed by atoms with E-state index in [0.29, 0.717) is 0 Å². The van der Waals surface area contributed by atoms with Crippen molar-refractivity contribution >= 4 is 5.96 Å². The molecule has 5 nitrogen and oxygen atoms in total. The molecule has 2 aliphatic rings. The molecule has 0 bridgehead atoms. The van der Waals surface area contributed by atoms with Crippen LogP contribution >= 0.6 is 0 Å². The third-order valence-corrected chi connectivity index (χ3v) is 6.75. The van der Waals surface area contributed by atoms with Crippen molar-refractivity contribution in [3.05, 3.63) is 65.7 Å². The number of aryl methyl sites for hydroxylation is 1. The van der Waals surface area contributed by atoms with Gasteiger partial charge in [-0.1, -0.05) is 42.5 Å². The van der Waals surface area contributed by atoms with Crippen LogP contribution in [0.15, 0.2) is 59.6 Å². The molecule has 4 rings (SSSR count). The third kappa shape index (κ3) is 5.21. The lowest BCUT2D eigenvalue weighted by atomic mass is 9.72. The second-order valence-corrected chi connectivity index (χ2v) is 8.73. The van der Waals surface area contributed by atoms with Crippen molar-refractivity contribution in [2.75, 3.05) is 39.9 Å². The predicted octanol–water partition coefficient (Wildman–Crippen LogP) is 4.16. The Labute approximate surface area is 186 Å². The predicted molar refractivity (Wildman–Crippen MR) is 126 cm³/mol. The molecule has 1 N–H and O–H groups in total. The van der Waals surface area contributed by atoms with Gasteiger partial charge in [0.1, 0.15) is 11.9 Å². The molecule has 0 atom stereocenters. The van der Waals surface area contributed by atoms with E-state index in [1.54, 1.807) is 0 Å². The van der Waals surface area contributed by atoms with E-state index in [9.17, 15) is 0 Å². The first kappa shape index (κ1) is 21.7. The molecule has 5 heteroatoms. The molecule has 166 valence electrons. The van der Waals surface area contributed by atoms with E-state index in [4.69, 9.17) is 9.47 Å². The van der Waals surface area contributed by atoms with E-state index < -0.39 is 0 Å². The topological polar surface area (TPSA) is 46.1 Å². The van der Waals surface area contributed by atoms with Crippen molar-refractivity contribution in [2.45, 2.75) is 44.1 Å². The summed E-state index contributed by atoms with van der Waals surface area (Å²) in [6.07, 6.45) is 4.35. The summed E-state index contributed by atoms with van der Waals surface area (Å²) in [6, 6.07) is 18.9. The van der Waals surface area contributed by atoms with Crippen LogP contribution < -0.4 is 10.1 Å². The van der Waals surface area contributed by atoms with Gasteiger partial charge >= 0.3 is 0 Å². The van der Waals surface area contributed by atoms with Crippen LogP contribution in [-0.4, -0.2) is 56.9 Å². The number of hydrogen-bond donors (Lipinski definition) is 1. The number of hydrogen-bond acceptors (Lipinski definition) is 3. The maximum Gasteiger partial charge on any atom is 0.193 e. The number of benzene rings is 2. The third-order valence-electron chi connectivity index (χ3n) is 6.75. The highest BCUT2D eigenvalue weighted by molar-refractivity contribution is 5.80. The first-order valence-electron chi connectivity index (χ1n) is 11.5. The maximum atomic E-state index is 6.16. The van der Waals surface area contributed by atoms with E-state index in [-0.39, 0.29) is 11.5 Å². The van der Waals surface area contributed by atoms with Gasteiger partial charge in [0.15, 0.2) is 5.96 Å². The van der Waals surface area contributed by atoms with Crippen molar-refractivity contribution in [1.82, 2.24) is 10.2 Å². The van der Waals surface area contributed by atoms with Crippen LogP contribution in [0, 0.1) is 6.92 Å². The molecule has 2 heterocycles. The van der Waals surface area contributed by atoms with Gasteiger partial charge in [-0.15, -0.1) is 0 Å². The molecule has 0 radical (unpaired) electrons. The Morgan fingerprint density at radius 1 is 1.06 bits per heavy atom. The average Bonchev–Trinajstić information content (AvgIpc) is 2.82. The van der Waals surface area contributed by atoms with E-state index in [0.717, 1.165) is 70.2 Å². The Balaban J connectivity index is 1.37. The van der Waals surface area contributed by atoms with Crippen molar-refractivity contribution in [3.8, 4) is 5.75 Å². The fourth-order valence-electron chi connectivity index (χ4n) is 4.93. The Morgan fingerprint density at radius 3 is 2.42 bits per heavy atom. The fraction of sp³-hybridized carbons (Fsp3) is 0.500. The standard InChI is InChI=1S/C26H35N3O2/c1-21-8-6-7-11-24(21)26(14-18-30-19-15-26)20-28-25(27-2)29-16-12-23(13-17-29)31-22-9-4-3-5-10-22/h3-11,23H,12-20H2,1-2H3,(H,27,28). The van der Waals surface area contributed by atoms with Gasteiger partial charge in [-0.3, -0.25) is 4.99 Å². The van der Waals surface area contributed by atoms with Gasteiger partial charge in [-0.05, 0) is 43.0 Å². The van der Waals surface area contributed by atoms with E-state index >= 15 is 0 Å². The van der Waals surface area contributed by atoms with Gasteiger partial charge in [0.05, 0.1) is 0 Å². The van der Waals surface area contributed by atoms with Crippen molar-refractivity contribution < 1.29 is 9.47 Å².